The third-order valence-corrected chi connectivity index (χ3v) is 6.31. The van der Waals surface area contributed by atoms with Gasteiger partial charge in [0.25, 0.3) is 5.91 Å². The van der Waals surface area contributed by atoms with Gasteiger partial charge in [-0.3, -0.25) is 4.79 Å². The molecule has 0 radical (unpaired) electrons. The molecule has 0 spiro atoms. The zero-order chi connectivity index (χ0) is 23.1. The van der Waals surface area contributed by atoms with Crippen LogP contribution in [-0.4, -0.2) is 54.5 Å². The zero-order valence-electron chi connectivity index (χ0n) is 18.2. The molecule has 170 valence electrons. The van der Waals surface area contributed by atoms with E-state index in [4.69, 9.17) is 11.1 Å². The first-order valence-corrected chi connectivity index (χ1v) is 11.2. The van der Waals surface area contributed by atoms with Crippen LogP contribution in [0.1, 0.15) is 36.0 Å². The number of hydrogen-bond donors (Lipinski definition) is 5. The Morgan fingerprint density at radius 3 is 2.91 bits per heavy atom. The molecule has 11 heteroatoms. The number of anilines is 3. The Hall–Kier alpha value is -2.89. The Balaban J connectivity index is 1.90. The van der Waals surface area contributed by atoms with Crippen molar-refractivity contribution in [2.24, 2.45) is 10.8 Å². The average Bonchev–Trinajstić information content (AvgIpc) is 2.80. The molecule has 0 saturated heterocycles. The minimum Gasteiger partial charge on any atom is -0.365 e. The second-order valence-electron chi connectivity index (χ2n) is 7.61. The van der Waals surface area contributed by atoms with Gasteiger partial charge in [-0.15, -0.1) is 0 Å². The summed E-state index contributed by atoms with van der Waals surface area (Å²) in [5, 5.41) is 17.7. The highest BCUT2D eigenvalue weighted by Gasteiger charge is 2.29. The van der Waals surface area contributed by atoms with Crippen molar-refractivity contribution in [3.05, 3.63) is 34.4 Å². The smallest absolute Gasteiger partial charge is 0.254 e. The van der Waals surface area contributed by atoms with Gasteiger partial charge in [-0.1, -0.05) is 17.9 Å². The normalized spacial score (nSPS) is 18.5. The van der Waals surface area contributed by atoms with E-state index in [9.17, 15) is 4.79 Å². The molecule has 1 aliphatic rings. The molecule has 2 aromatic rings. The number of nitrogens with zero attached hydrogens (tertiary/aromatic N) is 4. The number of amides is 1. The number of carbonyl (C=O) groups is 1. The maximum absolute atomic E-state index is 12.0. The van der Waals surface area contributed by atoms with Crippen molar-refractivity contribution in [1.29, 1.82) is 5.41 Å². The molecule has 0 unspecified atom stereocenters. The van der Waals surface area contributed by atoms with Crippen molar-refractivity contribution >= 4 is 57.4 Å². The van der Waals surface area contributed by atoms with E-state index in [0.29, 0.717) is 23.5 Å². The second-order valence-corrected chi connectivity index (χ2v) is 8.46. The number of nitrogens with one attached hydrogen (secondary N) is 3. The molecule has 0 bridgehead atoms. The zero-order valence-corrected chi connectivity index (χ0v) is 19.8. The van der Waals surface area contributed by atoms with Gasteiger partial charge < -0.3 is 26.7 Å². The lowest BCUT2D eigenvalue weighted by Gasteiger charge is -2.38. The maximum Gasteiger partial charge on any atom is 0.254 e. The molecule has 1 aromatic heterocycles. The number of quaternary nitrogens is 1. The van der Waals surface area contributed by atoms with Gasteiger partial charge >= 0.3 is 0 Å². The highest BCUT2D eigenvalue weighted by atomic mass is 79.9. The number of halogens is 1. The van der Waals surface area contributed by atoms with Crippen molar-refractivity contribution < 1.29 is 10.2 Å². The van der Waals surface area contributed by atoms with Crippen LogP contribution in [0.3, 0.4) is 0 Å². The maximum atomic E-state index is 12.0. The average molecular weight is 503 g/mol. The Morgan fingerprint density at radius 2 is 2.19 bits per heavy atom. The molecule has 1 aliphatic carbocycles. The predicted molar refractivity (Wildman–Crippen MR) is 130 cm³/mol. The summed E-state index contributed by atoms with van der Waals surface area (Å²) in [7, 11) is 3.96. The quantitative estimate of drug-likeness (QED) is 0.153. The van der Waals surface area contributed by atoms with Crippen molar-refractivity contribution in [2.75, 3.05) is 24.3 Å². The monoisotopic (exact) mass is 502 g/mol. The molecule has 1 saturated carbocycles. The second kappa shape index (κ2) is 11.1. The summed E-state index contributed by atoms with van der Waals surface area (Å²) in [5.41, 5.74) is 8.95. The largest absolute Gasteiger partial charge is 0.365 e. The minimum atomic E-state index is -0.605. The fourth-order valence-electron chi connectivity index (χ4n) is 3.90. The van der Waals surface area contributed by atoms with E-state index in [1.165, 1.54) is 18.8 Å². The third-order valence-electron chi connectivity index (χ3n) is 5.59. The van der Waals surface area contributed by atoms with Gasteiger partial charge in [-0.05, 0) is 48.0 Å². The van der Waals surface area contributed by atoms with E-state index in [1.807, 2.05) is 32.3 Å². The van der Waals surface area contributed by atoms with Gasteiger partial charge in [-0.25, -0.2) is 4.98 Å². The summed E-state index contributed by atoms with van der Waals surface area (Å²) in [6.07, 6.45) is 8.49. The number of nitrogens with two attached hydrogens (primary N) is 2. The van der Waals surface area contributed by atoms with Crippen LogP contribution in [0.25, 0.3) is 0 Å². The number of carbonyl (C=O) groups excluding carboxylic acids is 1. The highest BCUT2D eigenvalue weighted by molar-refractivity contribution is 9.10. The number of likely N-dealkylation sites (N-methyl/N-ethyl adjacent to an activating group) is 2. The lowest BCUT2D eigenvalue weighted by Crippen LogP contribution is -2.71. The fraction of sp³-hybridized carbons (Fsp3) is 0.381. The Labute approximate surface area is 195 Å². The van der Waals surface area contributed by atoms with E-state index in [-0.39, 0.29) is 11.6 Å². The fourth-order valence-corrected chi connectivity index (χ4v) is 4.25. The topological polar surface area (TPSA) is 149 Å². The number of hydrogen-bond acceptors (Lipinski definition) is 8. The number of benzene rings is 1. The van der Waals surface area contributed by atoms with Crippen LogP contribution < -0.4 is 26.7 Å². The van der Waals surface area contributed by atoms with Crippen LogP contribution in [0.15, 0.2) is 34.0 Å². The summed E-state index contributed by atoms with van der Waals surface area (Å²) in [5.74, 6) is 0.276. The first-order valence-electron chi connectivity index (χ1n) is 10.4. The minimum absolute atomic E-state index is 0.214. The molecular formula is C21H29BrN9O+. The molecule has 1 aromatic carbocycles. The first kappa shape index (κ1) is 23.8. The first-order chi connectivity index (χ1) is 15.4. The molecule has 1 amide bonds. The predicted octanol–water partition coefficient (Wildman–Crippen LogP) is 1.88. The number of primary amides is 1. The van der Waals surface area contributed by atoms with Gasteiger partial charge in [0.05, 0.1) is 4.47 Å². The number of aromatic nitrogens is 2. The van der Waals surface area contributed by atoms with E-state index < -0.39 is 5.91 Å². The van der Waals surface area contributed by atoms with Crippen LogP contribution in [0.5, 0.6) is 0 Å². The molecule has 32 heavy (non-hydrogen) atoms. The van der Waals surface area contributed by atoms with E-state index in [0.717, 1.165) is 35.6 Å². The van der Waals surface area contributed by atoms with Crippen LogP contribution in [0.4, 0.5) is 23.1 Å². The Kier molecular flexibility index (Phi) is 8.26. The Bertz CT molecular complexity index is 997. The SMILES string of the molecule is CN[C@H]1CCCC[C@H]1N(C)c1ncc(C(N)=O)c(Nc2ccc(Br)c([NH2+]/N=C\C=N)c2)n1. The molecule has 0 aliphatic heterocycles. The molecule has 10 nitrogen and oxygen atoms in total. The summed E-state index contributed by atoms with van der Waals surface area (Å²) in [4.78, 5) is 23.2. The molecule has 2 atom stereocenters. The molecule has 1 fully saturated rings. The molecular weight excluding hydrogens is 474 g/mol. The van der Waals surface area contributed by atoms with Crippen molar-refractivity contribution in [2.45, 2.75) is 37.8 Å². The van der Waals surface area contributed by atoms with Crippen LogP contribution in [-0.2, 0) is 0 Å². The van der Waals surface area contributed by atoms with Gasteiger partial charge in [0.1, 0.15) is 17.6 Å². The molecule has 3 rings (SSSR count). The van der Waals surface area contributed by atoms with Crippen molar-refractivity contribution in [1.82, 2.24) is 15.3 Å². The third kappa shape index (κ3) is 5.67. The van der Waals surface area contributed by atoms with Crippen molar-refractivity contribution in [3.63, 3.8) is 0 Å². The van der Waals surface area contributed by atoms with Gasteiger partial charge in [0.2, 0.25) is 5.95 Å². The van der Waals surface area contributed by atoms with E-state index in [2.05, 4.69) is 46.5 Å². The van der Waals surface area contributed by atoms with Crippen molar-refractivity contribution in [3.8, 4) is 0 Å². The van der Waals surface area contributed by atoms with Crippen LogP contribution in [0.2, 0.25) is 0 Å². The van der Waals surface area contributed by atoms with Gasteiger partial charge in [0.15, 0.2) is 5.69 Å². The van der Waals surface area contributed by atoms with Gasteiger partial charge in [-0.2, -0.15) is 10.4 Å². The number of rotatable bonds is 9. The van der Waals surface area contributed by atoms with E-state index in [1.54, 1.807) is 5.43 Å². The highest BCUT2D eigenvalue weighted by Crippen LogP contribution is 2.28. The summed E-state index contributed by atoms with van der Waals surface area (Å²) in [6.45, 7) is 0. The van der Waals surface area contributed by atoms with E-state index >= 15 is 0 Å². The lowest BCUT2D eigenvalue weighted by molar-refractivity contribution is -0.577. The summed E-state index contributed by atoms with van der Waals surface area (Å²) in [6, 6.07) is 6.21. The molecule has 7 N–H and O–H groups in total. The summed E-state index contributed by atoms with van der Waals surface area (Å²) < 4.78 is 0.846. The van der Waals surface area contributed by atoms with Crippen LogP contribution >= 0.6 is 15.9 Å². The lowest BCUT2D eigenvalue weighted by atomic mass is 9.89. The summed E-state index contributed by atoms with van der Waals surface area (Å²) >= 11 is 3.49. The Morgan fingerprint density at radius 1 is 1.41 bits per heavy atom. The molecule has 1 heterocycles. The van der Waals surface area contributed by atoms with Gasteiger partial charge in [0, 0.05) is 43.3 Å². The standard InChI is InChI=1S/C21H28BrN9O/c1-25-16-5-3-4-6-18(16)31(2)21-26-12-14(19(24)32)20(29-21)28-13-7-8-15(22)17(11-13)30-27-10-9-23/h7-12,16,18,23,25,30H,3-6H2,1-2H3,(H2,24,32)(H,26,28,29)/p+1/b23-9?,27-10-/t16-,18+/m0/s1. The van der Waals surface area contributed by atoms with Crippen LogP contribution in [0, 0.1) is 5.41 Å².